The van der Waals surface area contributed by atoms with Crippen LogP contribution in [0.2, 0.25) is 5.02 Å². The molecule has 164 valence electrons. The first-order valence-corrected chi connectivity index (χ1v) is 9.80. The quantitative estimate of drug-likeness (QED) is 0.276. The van der Waals surface area contributed by atoms with Crippen LogP contribution in [-0.4, -0.2) is 41.3 Å². The third-order valence-corrected chi connectivity index (χ3v) is 5.45. The number of nitrogens with one attached hydrogen (secondary N) is 1. The lowest BCUT2D eigenvalue weighted by atomic mass is 10.0. The number of sulfonamides is 1. The Morgan fingerprint density at radius 1 is 1.00 bits per heavy atom. The highest BCUT2D eigenvalue weighted by atomic mass is 35.5. The maximum absolute atomic E-state index is 14.3. The van der Waals surface area contributed by atoms with Crippen LogP contribution in [0.1, 0.15) is 0 Å². The molecule has 2 aromatic rings. The molecule has 1 amide bonds. The summed E-state index contributed by atoms with van der Waals surface area (Å²) in [4.78, 5) is 10.8. The van der Waals surface area contributed by atoms with E-state index in [1.807, 2.05) is 0 Å². The largest absolute Gasteiger partial charge is 0.382 e. The van der Waals surface area contributed by atoms with E-state index in [-0.39, 0.29) is 19.3 Å². The van der Waals surface area contributed by atoms with Gasteiger partial charge in [-0.2, -0.15) is 0 Å². The van der Waals surface area contributed by atoms with Crippen molar-refractivity contribution in [2.75, 3.05) is 26.9 Å². The Balaban J connectivity index is 2.45. The predicted molar refractivity (Wildman–Crippen MR) is 94.7 cm³/mol. The second-order valence-electron chi connectivity index (χ2n) is 5.68. The lowest BCUT2D eigenvalue weighted by Gasteiger charge is -2.13. The van der Waals surface area contributed by atoms with Gasteiger partial charge in [0.2, 0.25) is 0 Å². The Kier molecular flexibility index (Phi) is 7.75. The van der Waals surface area contributed by atoms with Crippen molar-refractivity contribution in [1.29, 1.82) is 0 Å². The molecule has 0 radical (unpaired) electrons. The van der Waals surface area contributed by atoms with Crippen molar-refractivity contribution in [2.45, 2.75) is 4.90 Å². The van der Waals surface area contributed by atoms with Crippen molar-refractivity contribution in [1.82, 2.24) is 4.72 Å². The van der Waals surface area contributed by atoms with Crippen molar-refractivity contribution in [3.8, 4) is 11.1 Å². The second kappa shape index (κ2) is 9.69. The molecule has 0 unspecified atom stereocenters. The number of carbonyl (C=O) groups excluding carboxylic acids is 1. The number of benzene rings is 2. The molecule has 0 heterocycles. The molecular weight excluding hydrogens is 461 g/mol. The third kappa shape index (κ3) is 5.25. The monoisotopic (exact) mass is 473 g/mol. The Hall–Kier alpha value is -2.28. The number of amides is 1. The molecule has 0 aliphatic heterocycles. The first-order chi connectivity index (χ1) is 14.0. The van der Waals surface area contributed by atoms with Gasteiger partial charge in [-0.1, -0.05) is 11.6 Å². The molecule has 30 heavy (non-hydrogen) atoms. The van der Waals surface area contributed by atoms with Gasteiger partial charge in [0, 0.05) is 18.7 Å². The molecular formula is C17H13ClF5NO5S. The van der Waals surface area contributed by atoms with Gasteiger partial charge in [0.05, 0.1) is 23.8 Å². The highest BCUT2D eigenvalue weighted by Gasteiger charge is 2.27. The van der Waals surface area contributed by atoms with E-state index < -0.39 is 72.7 Å². The van der Waals surface area contributed by atoms with Crippen LogP contribution in [0, 0.1) is 29.1 Å². The van der Waals surface area contributed by atoms with E-state index in [1.165, 1.54) is 7.11 Å². The van der Waals surface area contributed by atoms with E-state index in [0.29, 0.717) is 12.1 Å². The fourth-order valence-corrected chi connectivity index (χ4v) is 3.79. The molecule has 0 aromatic heterocycles. The second-order valence-corrected chi connectivity index (χ2v) is 7.74. The highest BCUT2D eigenvalue weighted by molar-refractivity contribution is 7.90. The van der Waals surface area contributed by atoms with Gasteiger partial charge in [-0.25, -0.2) is 35.1 Å². The molecule has 0 fully saturated rings. The van der Waals surface area contributed by atoms with Crippen LogP contribution in [0.5, 0.6) is 0 Å². The highest BCUT2D eigenvalue weighted by Crippen LogP contribution is 2.35. The van der Waals surface area contributed by atoms with Gasteiger partial charge in [-0.15, -0.1) is 0 Å². The summed E-state index contributed by atoms with van der Waals surface area (Å²) in [7, 11) is -3.37. The summed E-state index contributed by atoms with van der Waals surface area (Å²) in [5.74, 6) is -10.3. The summed E-state index contributed by atoms with van der Waals surface area (Å²) >= 11 is 5.70. The molecule has 0 bridgehead atoms. The molecule has 0 atom stereocenters. The van der Waals surface area contributed by atoms with Gasteiger partial charge in [-0.3, -0.25) is 4.79 Å². The van der Waals surface area contributed by atoms with Crippen LogP contribution in [0.25, 0.3) is 11.1 Å². The standard InChI is InChI=1S/C17H13ClF5NO5S/c1-28-2-3-29-7-14(25)24-30(26,27)13-4-8(10(19)5-9(13)18)15-11(20)6-12(21)16(22)17(15)23/h4-6H,2-3,7H2,1H3,(H,24,25). The third-order valence-electron chi connectivity index (χ3n) is 3.61. The molecule has 0 aliphatic rings. The number of ether oxygens (including phenoxy) is 2. The van der Waals surface area contributed by atoms with Gasteiger partial charge < -0.3 is 9.47 Å². The molecule has 0 spiro atoms. The van der Waals surface area contributed by atoms with Crippen LogP contribution in [-0.2, 0) is 24.3 Å². The fourth-order valence-electron chi connectivity index (χ4n) is 2.28. The smallest absolute Gasteiger partial charge is 0.265 e. The van der Waals surface area contributed by atoms with Crippen LogP contribution in [0.4, 0.5) is 22.0 Å². The SMILES string of the molecule is COCCOCC(=O)NS(=O)(=O)c1cc(-c2c(F)cc(F)c(F)c2F)c(F)cc1Cl. The first kappa shape index (κ1) is 24.0. The topological polar surface area (TPSA) is 81.7 Å². The summed E-state index contributed by atoms with van der Waals surface area (Å²) in [5, 5.41) is -0.736. The van der Waals surface area contributed by atoms with E-state index in [9.17, 15) is 35.2 Å². The minimum Gasteiger partial charge on any atom is -0.382 e. The van der Waals surface area contributed by atoms with Gasteiger partial charge in [-0.05, 0) is 12.1 Å². The van der Waals surface area contributed by atoms with Crippen LogP contribution in [0.15, 0.2) is 23.1 Å². The normalized spacial score (nSPS) is 11.6. The Bertz CT molecular complexity index is 1080. The molecule has 2 rings (SSSR count). The molecule has 0 saturated carbocycles. The first-order valence-electron chi connectivity index (χ1n) is 7.94. The van der Waals surface area contributed by atoms with E-state index in [2.05, 4.69) is 4.74 Å². The molecule has 2 aromatic carbocycles. The number of methoxy groups -OCH3 is 1. The zero-order valence-corrected chi connectivity index (χ0v) is 16.6. The minimum atomic E-state index is -4.75. The fraction of sp³-hybridized carbons (Fsp3) is 0.235. The van der Waals surface area contributed by atoms with Crippen LogP contribution < -0.4 is 4.72 Å². The van der Waals surface area contributed by atoms with Crippen LogP contribution in [0.3, 0.4) is 0 Å². The van der Waals surface area contributed by atoms with Gasteiger partial charge in [0.1, 0.15) is 23.1 Å². The maximum Gasteiger partial charge on any atom is 0.265 e. The average molecular weight is 474 g/mol. The van der Waals surface area contributed by atoms with E-state index in [4.69, 9.17) is 16.3 Å². The molecule has 13 heteroatoms. The van der Waals surface area contributed by atoms with E-state index in [1.54, 1.807) is 4.72 Å². The van der Waals surface area contributed by atoms with Crippen LogP contribution >= 0.6 is 11.6 Å². The maximum atomic E-state index is 14.3. The van der Waals surface area contributed by atoms with Crippen molar-refractivity contribution in [3.63, 3.8) is 0 Å². The lowest BCUT2D eigenvalue weighted by molar-refractivity contribution is -0.124. The number of rotatable bonds is 8. The number of hydrogen-bond acceptors (Lipinski definition) is 5. The van der Waals surface area contributed by atoms with Gasteiger partial charge >= 0.3 is 0 Å². The Morgan fingerprint density at radius 3 is 2.30 bits per heavy atom. The zero-order chi connectivity index (χ0) is 22.6. The summed E-state index contributed by atoms with van der Waals surface area (Å²) < 4.78 is 105. The average Bonchev–Trinajstić information content (AvgIpc) is 2.64. The number of halogens is 6. The molecule has 0 saturated heterocycles. The van der Waals surface area contributed by atoms with Crippen molar-refractivity contribution >= 4 is 27.5 Å². The summed E-state index contributed by atoms with van der Waals surface area (Å²) in [6, 6.07) is 0.748. The summed E-state index contributed by atoms with van der Waals surface area (Å²) in [5.41, 5.74) is -2.41. The van der Waals surface area contributed by atoms with Gasteiger partial charge in [0.15, 0.2) is 17.5 Å². The lowest BCUT2D eigenvalue weighted by Crippen LogP contribution is -2.34. The van der Waals surface area contributed by atoms with E-state index in [0.717, 1.165) is 0 Å². The number of hydrogen-bond donors (Lipinski definition) is 1. The predicted octanol–water partition coefficient (Wildman–Crippen LogP) is 3.17. The number of carbonyl (C=O) groups is 1. The van der Waals surface area contributed by atoms with E-state index >= 15 is 0 Å². The van der Waals surface area contributed by atoms with Crippen molar-refractivity contribution in [3.05, 3.63) is 52.3 Å². The molecule has 0 aliphatic carbocycles. The Morgan fingerprint density at radius 2 is 1.67 bits per heavy atom. The molecule has 1 N–H and O–H groups in total. The zero-order valence-electron chi connectivity index (χ0n) is 15.1. The van der Waals surface area contributed by atoms with Gasteiger partial charge in [0.25, 0.3) is 15.9 Å². The minimum absolute atomic E-state index is 0.0138. The Labute approximate surface area is 172 Å². The summed E-state index contributed by atoms with van der Waals surface area (Å²) in [6.07, 6.45) is 0. The summed E-state index contributed by atoms with van der Waals surface area (Å²) in [6.45, 7) is -0.556. The van der Waals surface area contributed by atoms with Crippen molar-refractivity contribution < 1.29 is 44.6 Å². The molecule has 6 nitrogen and oxygen atoms in total. The van der Waals surface area contributed by atoms with Crippen molar-refractivity contribution in [2.24, 2.45) is 0 Å².